The SMILES string of the molecule is CCn1c(-c2ccccc2)c(N(C(=S)S)N(C)C)c2ccccc21. The standard InChI is InChI=1S/C19H21N3S2/c1-4-21-16-13-9-8-12-15(16)18(22(19(23)24)20(2)3)17(21)14-10-6-5-7-11-14/h5-13H,4H2,1-3H3,(H,23,24). The lowest BCUT2D eigenvalue weighted by atomic mass is 10.1. The third-order valence-electron chi connectivity index (χ3n) is 4.10. The van der Waals surface area contributed by atoms with Crippen LogP contribution in [-0.4, -0.2) is 28.0 Å². The highest BCUT2D eigenvalue weighted by molar-refractivity contribution is 8.11. The van der Waals surface area contributed by atoms with Crippen molar-refractivity contribution in [3.63, 3.8) is 0 Å². The van der Waals surface area contributed by atoms with E-state index in [4.69, 9.17) is 12.2 Å². The topological polar surface area (TPSA) is 11.4 Å². The van der Waals surface area contributed by atoms with Gasteiger partial charge in [0.25, 0.3) is 0 Å². The van der Waals surface area contributed by atoms with Crippen LogP contribution in [0.25, 0.3) is 22.2 Å². The van der Waals surface area contributed by atoms with Crippen molar-refractivity contribution in [3.05, 3.63) is 54.6 Å². The molecule has 0 radical (unpaired) electrons. The van der Waals surface area contributed by atoms with Crippen molar-refractivity contribution in [3.8, 4) is 11.3 Å². The molecule has 0 amide bonds. The van der Waals surface area contributed by atoms with Crippen molar-refractivity contribution in [2.45, 2.75) is 13.5 Å². The van der Waals surface area contributed by atoms with Gasteiger partial charge < -0.3 is 4.57 Å². The minimum atomic E-state index is 0.524. The summed E-state index contributed by atoms with van der Waals surface area (Å²) < 4.78 is 2.86. The van der Waals surface area contributed by atoms with Gasteiger partial charge in [-0.25, -0.2) is 5.01 Å². The largest absolute Gasteiger partial charge is 0.339 e. The van der Waals surface area contributed by atoms with Gasteiger partial charge in [-0.1, -0.05) is 60.7 Å². The van der Waals surface area contributed by atoms with Gasteiger partial charge in [0.05, 0.1) is 16.9 Å². The van der Waals surface area contributed by atoms with E-state index in [1.807, 2.05) is 30.2 Å². The molecule has 1 heterocycles. The molecule has 3 rings (SSSR count). The number of aryl methyl sites for hydroxylation is 1. The number of fused-ring (bicyclic) bond motifs is 1. The molecule has 0 saturated carbocycles. The molecule has 24 heavy (non-hydrogen) atoms. The highest BCUT2D eigenvalue weighted by atomic mass is 32.1. The van der Waals surface area contributed by atoms with E-state index in [9.17, 15) is 0 Å². The summed E-state index contributed by atoms with van der Waals surface area (Å²) in [4.78, 5) is 0. The average molecular weight is 356 g/mol. The first kappa shape index (κ1) is 17.0. The average Bonchev–Trinajstić information content (AvgIpc) is 2.89. The first-order valence-corrected chi connectivity index (χ1v) is 8.78. The van der Waals surface area contributed by atoms with Crippen LogP contribution in [0.3, 0.4) is 0 Å². The molecule has 0 aliphatic heterocycles. The number of hydrogen-bond acceptors (Lipinski definition) is 2. The van der Waals surface area contributed by atoms with Gasteiger partial charge in [0.2, 0.25) is 0 Å². The number of para-hydroxylation sites is 1. The van der Waals surface area contributed by atoms with Crippen LogP contribution < -0.4 is 5.01 Å². The van der Waals surface area contributed by atoms with Crippen LogP contribution in [0.2, 0.25) is 0 Å². The maximum atomic E-state index is 5.43. The predicted molar refractivity (Wildman–Crippen MR) is 111 cm³/mol. The number of hydrazine groups is 1. The number of thiocarbonyl (C=S) groups is 1. The van der Waals surface area contributed by atoms with Crippen LogP contribution in [0.15, 0.2) is 54.6 Å². The molecule has 5 heteroatoms. The molecule has 3 aromatic rings. The zero-order valence-electron chi connectivity index (χ0n) is 14.1. The third kappa shape index (κ3) is 2.83. The highest BCUT2D eigenvalue weighted by Crippen LogP contribution is 2.41. The fraction of sp³-hybridized carbons (Fsp3) is 0.211. The molecule has 0 aliphatic rings. The molecular formula is C19H21N3S2. The smallest absolute Gasteiger partial charge is 0.152 e. The van der Waals surface area contributed by atoms with Crippen LogP contribution in [-0.2, 0) is 6.54 Å². The molecule has 0 spiro atoms. The van der Waals surface area contributed by atoms with Crippen molar-refractivity contribution in [1.29, 1.82) is 0 Å². The molecule has 0 unspecified atom stereocenters. The van der Waals surface area contributed by atoms with Crippen LogP contribution in [0.1, 0.15) is 6.92 Å². The van der Waals surface area contributed by atoms with E-state index in [0.717, 1.165) is 17.9 Å². The minimum absolute atomic E-state index is 0.524. The van der Waals surface area contributed by atoms with Crippen LogP contribution in [0.4, 0.5) is 5.69 Å². The zero-order chi connectivity index (χ0) is 17.3. The number of hydrogen-bond donors (Lipinski definition) is 1. The number of aromatic nitrogens is 1. The molecule has 124 valence electrons. The van der Waals surface area contributed by atoms with Crippen molar-refractivity contribution >= 4 is 45.8 Å². The first-order chi connectivity index (χ1) is 11.6. The van der Waals surface area contributed by atoms with Crippen LogP contribution in [0.5, 0.6) is 0 Å². The molecule has 0 aliphatic carbocycles. The number of thiol groups is 1. The van der Waals surface area contributed by atoms with Crippen molar-refractivity contribution in [1.82, 2.24) is 9.58 Å². The quantitative estimate of drug-likeness (QED) is 0.409. The Bertz CT molecular complexity index is 869. The van der Waals surface area contributed by atoms with Crippen molar-refractivity contribution in [2.75, 3.05) is 19.1 Å². The Morgan fingerprint density at radius 2 is 1.67 bits per heavy atom. The molecule has 0 N–H and O–H groups in total. The van der Waals surface area contributed by atoms with Gasteiger partial charge in [0, 0.05) is 31.6 Å². The van der Waals surface area contributed by atoms with E-state index in [2.05, 4.69) is 72.7 Å². The maximum absolute atomic E-state index is 5.43. The summed E-state index contributed by atoms with van der Waals surface area (Å²) in [5, 5.41) is 5.13. The Labute approximate surface area is 153 Å². The van der Waals surface area contributed by atoms with E-state index in [1.54, 1.807) is 0 Å². The van der Waals surface area contributed by atoms with Crippen LogP contribution >= 0.6 is 24.8 Å². The monoisotopic (exact) mass is 355 g/mol. The predicted octanol–water partition coefficient (Wildman–Crippen LogP) is 4.83. The number of rotatable bonds is 4. The van der Waals surface area contributed by atoms with Crippen molar-refractivity contribution < 1.29 is 0 Å². The second kappa shape index (κ2) is 6.97. The molecule has 0 fully saturated rings. The number of benzene rings is 2. The van der Waals surface area contributed by atoms with E-state index >= 15 is 0 Å². The van der Waals surface area contributed by atoms with Crippen molar-refractivity contribution in [2.24, 2.45) is 0 Å². The first-order valence-electron chi connectivity index (χ1n) is 7.93. The number of nitrogens with zero attached hydrogens (tertiary/aromatic N) is 3. The van der Waals surface area contributed by atoms with Gasteiger partial charge in [0.1, 0.15) is 0 Å². The summed E-state index contributed by atoms with van der Waals surface area (Å²) in [5.74, 6) is 0. The lowest BCUT2D eigenvalue weighted by molar-refractivity contribution is 0.435. The molecular weight excluding hydrogens is 334 g/mol. The van der Waals surface area contributed by atoms with Gasteiger partial charge in [-0.05, 0) is 13.0 Å². The zero-order valence-corrected chi connectivity index (χ0v) is 15.8. The van der Waals surface area contributed by atoms with Gasteiger partial charge in [0.15, 0.2) is 4.32 Å². The van der Waals surface area contributed by atoms with E-state index < -0.39 is 0 Å². The van der Waals surface area contributed by atoms with Gasteiger partial charge in [-0.2, -0.15) is 0 Å². The molecule has 0 bridgehead atoms. The fourth-order valence-corrected chi connectivity index (χ4v) is 3.72. The number of anilines is 1. The summed E-state index contributed by atoms with van der Waals surface area (Å²) in [6.07, 6.45) is 0. The maximum Gasteiger partial charge on any atom is 0.152 e. The Morgan fingerprint density at radius 3 is 2.25 bits per heavy atom. The summed E-state index contributed by atoms with van der Waals surface area (Å²) in [6, 6.07) is 18.9. The van der Waals surface area contributed by atoms with Gasteiger partial charge >= 0.3 is 0 Å². The Balaban J connectivity index is 2.44. The lowest BCUT2D eigenvalue weighted by Gasteiger charge is -2.30. The highest BCUT2D eigenvalue weighted by Gasteiger charge is 2.25. The Morgan fingerprint density at radius 1 is 1.04 bits per heavy atom. The minimum Gasteiger partial charge on any atom is -0.339 e. The Kier molecular flexibility index (Phi) is 4.94. The van der Waals surface area contributed by atoms with E-state index in [1.165, 1.54) is 16.5 Å². The molecule has 0 saturated heterocycles. The summed E-state index contributed by atoms with van der Waals surface area (Å²) in [6.45, 7) is 3.05. The molecule has 1 aromatic heterocycles. The second-order valence-corrected chi connectivity index (χ2v) is 6.88. The summed E-state index contributed by atoms with van der Waals surface area (Å²) in [5.41, 5.74) is 4.60. The van der Waals surface area contributed by atoms with E-state index in [-0.39, 0.29) is 0 Å². The van der Waals surface area contributed by atoms with Crippen LogP contribution in [0, 0.1) is 0 Å². The Hall–Kier alpha value is -1.82. The normalized spacial score (nSPS) is 11.2. The van der Waals surface area contributed by atoms with Gasteiger partial charge in [-0.15, -0.1) is 12.6 Å². The molecule has 2 aromatic carbocycles. The molecule has 3 nitrogen and oxygen atoms in total. The second-order valence-electron chi connectivity index (χ2n) is 5.77. The lowest BCUT2D eigenvalue weighted by Crippen LogP contribution is -2.39. The fourth-order valence-electron chi connectivity index (χ4n) is 3.18. The molecule has 0 atom stereocenters. The summed E-state index contributed by atoms with van der Waals surface area (Å²) in [7, 11) is 3.96. The third-order valence-corrected chi connectivity index (χ3v) is 4.46. The summed E-state index contributed by atoms with van der Waals surface area (Å²) >= 11 is 9.91. The van der Waals surface area contributed by atoms with E-state index in [0.29, 0.717) is 4.32 Å². The van der Waals surface area contributed by atoms with Gasteiger partial charge in [-0.3, -0.25) is 5.01 Å².